The van der Waals surface area contributed by atoms with Crippen LogP contribution in [0.25, 0.3) is 0 Å². The maximum absolute atomic E-state index is 13.3. The largest absolute Gasteiger partial charge is 0.480 e. The summed E-state index contributed by atoms with van der Waals surface area (Å²) in [6.07, 6.45) is 3.67. The zero-order valence-corrected chi connectivity index (χ0v) is 18.0. The lowest BCUT2D eigenvalue weighted by atomic mass is 10.0. The van der Waals surface area contributed by atoms with Crippen molar-refractivity contribution in [3.05, 3.63) is 35.9 Å². The standard InChI is InChI=1S/C22H31N3O5.H2O/c1-2-30-22(29)18(13-12-16-8-4-3-5-9-16)23-17-10-6-14-24-15-7-11-19(21(27)28)25(24)20(17)26;/h3-5,8-9,17-19,23H,2,6-7,10-15H2,1H3,(H,27,28);1H2/t17-,18+,19+;/m1./s1. The van der Waals surface area contributed by atoms with E-state index < -0.39 is 24.1 Å². The van der Waals surface area contributed by atoms with Crippen LogP contribution in [0.15, 0.2) is 30.3 Å². The second-order valence-electron chi connectivity index (χ2n) is 7.82. The Morgan fingerprint density at radius 1 is 1.19 bits per heavy atom. The molecule has 2 aliphatic rings. The van der Waals surface area contributed by atoms with Crippen molar-refractivity contribution in [1.29, 1.82) is 0 Å². The third-order valence-electron chi connectivity index (χ3n) is 5.75. The van der Waals surface area contributed by atoms with Gasteiger partial charge in [-0.05, 0) is 51.0 Å². The van der Waals surface area contributed by atoms with Crippen molar-refractivity contribution in [1.82, 2.24) is 15.3 Å². The van der Waals surface area contributed by atoms with Crippen molar-refractivity contribution in [2.24, 2.45) is 0 Å². The molecule has 2 saturated heterocycles. The lowest BCUT2D eigenvalue weighted by Crippen LogP contribution is -2.61. The van der Waals surface area contributed by atoms with Crippen LogP contribution in [0.4, 0.5) is 0 Å². The Morgan fingerprint density at radius 3 is 2.52 bits per heavy atom. The quantitative estimate of drug-likeness (QED) is 0.577. The SMILES string of the molecule is CCOC(=O)[C@H](CCc1ccccc1)N[C@@H]1CCCN2CCC[C@@H](C(=O)O)N2C1=O.O. The molecule has 2 aliphatic heterocycles. The number of carboxylic acid groups (broad SMARTS) is 1. The van der Waals surface area contributed by atoms with E-state index in [9.17, 15) is 19.5 Å². The Hall–Kier alpha value is -2.49. The van der Waals surface area contributed by atoms with Gasteiger partial charge in [0.25, 0.3) is 5.91 Å². The van der Waals surface area contributed by atoms with Gasteiger partial charge >= 0.3 is 11.9 Å². The molecular formula is C22H33N3O6. The number of carbonyl (C=O) groups excluding carboxylic acids is 2. The number of ether oxygens (including phenoxy) is 1. The summed E-state index contributed by atoms with van der Waals surface area (Å²) in [4.78, 5) is 37.6. The number of hydrogen-bond donors (Lipinski definition) is 2. The fourth-order valence-electron chi connectivity index (χ4n) is 4.26. The molecule has 9 heteroatoms. The first-order valence-electron chi connectivity index (χ1n) is 10.8. The Kier molecular flexibility index (Phi) is 9.42. The summed E-state index contributed by atoms with van der Waals surface area (Å²) in [5, 5.41) is 16.1. The van der Waals surface area contributed by atoms with Gasteiger partial charge in [-0.15, -0.1) is 0 Å². The van der Waals surface area contributed by atoms with Crippen LogP contribution in [0.3, 0.4) is 0 Å². The first kappa shape index (κ1) is 24.8. The first-order valence-corrected chi connectivity index (χ1v) is 10.8. The van der Waals surface area contributed by atoms with Gasteiger partial charge < -0.3 is 15.3 Å². The van der Waals surface area contributed by atoms with Crippen LogP contribution in [0, 0.1) is 0 Å². The van der Waals surface area contributed by atoms with E-state index in [0.29, 0.717) is 38.8 Å². The van der Waals surface area contributed by atoms with Crippen LogP contribution in [0.2, 0.25) is 0 Å². The van der Waals surface area contributed by atoms with Crippen LogP contribution in [0.5, 0.6) is 0 Å². The summed E-state index contributed by atoms with van der Waals surface area (Å²) in [6.45, 7) is 3.34. The van der Waals surface area contributed by atoms with Gasteiger partial charge in [-0.25, -0.2) is 9.80 Å². The predicted octanol–water partition coefficient (Wildman–Crippen LogP) is 0.771. The molecule has 0 saturated carbocycles. The van der Waals surface area contributed by atoms with Crippen molar-refractivity contribution in [3.63, 3.8) is 0 Å². The molecule has 31 heavy (non-hydrogen) atoms. The molecule has 9 nitrogen and oxygen atoms in total. The third kappa shape index (κ3) is 6.25. The average Bonchev–Trinajstić information content (AvgIpc) is 2.90. The predicted molar refractivity (Wildman–Crippen MR) is 114 cm³/mol. The van der Waals surface area contributed by atoms with Crippen LogP contribution < -0.4 is 5.32 Å². The molecule has 172 valence electrons. The number of amides is 1. The highest BCUT2D eigenvalue weighted by Crippen LogP contribution is 2.24. The maximum Gasteiger partial charge on any atom is 0.328 e. The molecule has 0 radical (unpaired) electrons. The molecule has 1 aromatic carbocycles. The van der Waals surface area contributed by atoms with Crippen molar-refractivity contribution in [3.8, 4) is 0 Å². The second kappa shape index (κ2) is 11.8. The van der Waals surface area contributed by atoms with E-state index in [2.05, 4.69) is 5.32 Å². The lowest BCUT2D eigenvalue weighted by Gasteiger charge is -2.42. The Labute approximate surface area is 182 Å². The number of esters is 1. The Balaban J connectivity index is 0.00000341. The fourth-order valence-corrected chi connectivity index (χ4v) is 4.26. The number of carbonyl (C=O) groups is 3. The molecule has 0 aromatic heterocycles. The molecule has 1 amide bonds. The Morgan fingerprint density at radius 2 is 1.87 bits per heavy atom. The number of hydrogen-bond acceptors (Lipinski definition) is 6. The molecule has 2 fully saturated rings. The van der Waals surface area contributed by atoms with Gasteiger partial charge in [-0.1, -0.05) is 30.3 Å². The molecule has 0 spiro atoms. The number of rotatable bonds is 8. The third-order valence-corrected chi connectivity index (χ3v) is 5.75. The number of carboxylic acids is 1. The minimum absolute atomic E-state index is 0. The Bertz CT molecular complexity index is 744. The summed E-state index contributed by atoms with van der Waals surface area (Å²) in [6, 6.07) is 7.77. The van der Waals surface area contributed by atoms with E-state index in [-0.39, 0.29) is 24.0 Å². The molecular weight excluding hydrogens is 402 g/mol. The van der Waals surface area contributed by atoms with E-state index >= 15 is 0 Å². The zero-order valence-electron chi connectivity index (χ0n) is 18.0. The van der Waals surface area contributed by atoms with Crippen molar-refractivity contribution >= 4 is 17.8 Å². The smallest absolute Gasteiger partial charge is 0.328 e. The summed E-state index contributed by atoms with van der Waals surface area (Å²) in [7, 11) is 0. The first-order chi connectivity index (χ1) is 14.5. The number of aryl methyl sites for hydroxylation is 1. The van der Waals surface area contributed by atoms with E-state index in [1.54, 1.807) is 6.92 Å². The number of fused-ring (bicyclic) bond motifs is 1. The maximum atomic E-state index is 13.3. The second-order valence-corrected chi connectivity index (χ2v) is 7.82. The molecule has 4 N–H and O–H groups in total. The summed E-state index contributed by atoms with van der Waals surface area (Å²) < 4.78 is 5.24. The van der Waals surface area contributed by atoms with Crippen LogP contribution >= 0.6 is 0 Å². The summed E-state index contributed by atoms with van der Waals surface area (Å²) in [5.41, 5.74) is 1.11. The van der Waals surface area contributed by atoms with Gasteiger partial charge in [0.15, 0.2) is 0 Å². The molecule has 0 bridgehead atoms. The number of nitrogens with one attached hydrogen (secondary N) is 1. The summed E-state index contributed by atoms with van der Waals surface area (Å²) >= 11 is 0. The molecule has 3 rings (SSSR count). The summed E-state index contributed by atoms with van der Waals surface area (Å²) in [5.74, 6) is -1.64. The highest BCUT2D eigenvalue weighted by atomic mass is 16.5. The van der Waals surface area contributed by atoms with E-state index in [0.717, 1.165) is 18.4 Å². The average molecular weight is 436 g/mol. The lowest BCUT2D eigenvalue weighted by molar-refractivity contribution is -0.174. The molecule has 3 atom stereocenters. The van der Waals surface area contributed by atoms with Crippen LogP contribution in [0.1, 0.15) is 44.6 Å². The van der Waals surface area contributed by atoms with E-state index in [1.165, 1.54) is 5.01 Å². The van der Waals surface area contributed by atoms with E-state index in [4.69, 9.17) is 4.74 Å². The number of nitrogens with zero attached hydrogens (tertiary/aromatic N) is 2. The fraction of sp³-hybridized carbons (Fsp3) is 0.591. The van der Waals surface area contributed by atoms with Crippen molar-refractivity contribution < 1.29 is 29.7 Å². The van der Waals surface area contributed by atoms with Gasteiger partial charge in [0.2, 0.25) is 0 Å². The topological polar surface area (TPSA) is 131 Å². The van der Waals surface area contributed by atoms with Crippen molar-refractivity contribution in [2.45, 2.75) is 63.6 Å². The van der Waals surface area contributed by atoms with Gasteiger partial charge in [0.05, 0.1) is 12.6 Å². The number of aliphatic carboxylic acids is 1. The molecule has 2 heterocycles. The normalized spacial score (nSPS) is 22.6. The van der Waals surface area contributed by atoms with Crippen molar-refractivity contribution in [2.75, 3.05) is 19.7 Å². The van der Waals surface area contributed by atoms with E-state index in [1.807, 2.05) is 35.3 Å². The molecule has 0 aliphatic carbocycles. The van der Waals surface area contributed by atoms with Gasteiger partial charge in [0, 0.05) is 13.1 Å². The number of hydrazine groups is 1. The molecule has 0 unspecified atom stereocenters. The number of benzene rings is 1. The van der Waals surface area contributed by atoms with Crippen LogP contribution in [-0.2, 0) is 25.5 Å². The minimum Gasteiger partial charge on any atom is -0.480 e. The monoisotopic (exact) mass is 435 g/mol. The minimum atomic E-state index is -0.986. The van der Waals surface area contributed by atoms with Gasteiger partial charge in [0.1, 0.15) is 12.1 Å². The highest BCUT2D eigenvalue weighted by Gasteiger charge is 2.42. The van der Waals surface area contributed by atoms with Gasteiger partial charge in [-0.3, -0.25) is 19.9 Å². The van der Waals surface area contributed by atoms with Gasteiger partial charge in [-0.2, -0.15) is 0 Å². The highest BCUT2D eigenvalue weighted by molar-refractivity contribution is 5.87. The zero-order chi connectivity index (χ0) is 21.5. The molecule has 1 aromatic rings. The van der Waals surface area contributed by atoms with Crippen LogP contribution in [-0.4, -0.2) is 76.3 Å².